The van der Waals surface area contributed by atoms with Crippen LogP contribution in [0.25, 0.3) is 0 Å². The van der Waals surface area contributed by atoms with Crippen LogP contribution < -0.4 is 0 Å². The summed E-state index contributed by atoms with van der Waals surface area (Å²) in [4.78, 5) is 2.53. The Balaban J connectivity index is 1.74. The average molecular weight is 319 g/mol. The lowest BCUT2D eigenvalue weighted by atomic mass is 9.82. The highest BCUT2D eigenvalue weighted by Gasteiger charge is 2.33. The van der Waals surface area contributed by atoms with Gasteiger partial charge in [0, 0.05) is 19.1 Å². The van der Waals surface area contributed by atoms with E-state index in [1.54, 1.807) is 0 Å². The third-order valence-corrected chi connectivity index (χ3v) is 5.02. The zero-order valence-corrected chi connectivity index (χ0v) is 14.1. The predicted octanol–water partition coefficient (Wildman–Crippen LogP) is 4.00. The number of aliphatic hydroxyl groups is 1. The zero-order valence-electron chi connectivity index (χ0n) is 14.1. The maximum atomic E-state index is 10.3. The molecule has 1 saturated carbocycles. The topological polar surface area (TPSA) is 23.5 Å². The Hall–Kier alpha value is -2.08. The van der Waals surface area contributed by atoms with Crippen molar-refractivity contribution in [2.75, 3.05) is 0 Å². The van der Waals surface area contributed by atoms with Gasteiger partial charge < -0.3 is 5.11 Å². The first-order chi connectivity index (χ1) is 11.7. The van der Waals surface area contributed by atoms with E-state index in [0.29, 0.717) is 18.9 Å². The van der Waals surface area contributed by atoms with E-state index in [-0.39, 0.29) is 0 Å². The van der Waals surface area contributed by atoms with Crippen molar-refractivity contribution in [3.8, 4) is 12.3 Å². The minimum Gasteiger partial charge on any atom is -0.378 e. The van der Waals surface area contributed by atoms with Gasteiger partial charge in [-0.2, -0.15) is 0 Å². The van der Waals surface area contributed by atoms with Crippen molar-refractivity contribution < 1.29 is 5.11 Å². The lowest BCUT2D eigenvalue weighted by molar-refractivity contribution is 0.0211. The Kier molecular flexibility index (Phi) is 5.35. The van der Waals surface area contributed by atoms with Crippen molar-refractivity contribution in [1.82, 2.24) is 4.90 Å². The van der Waals surface area contributed by atoms with E-state index < -0.39 is 5.60 Å². The fourth-order valence-electron chi connectivity index (χ4n) is 3.54. The first kappa shape index (κ1) is 16.8. The molecule has 1 N–H and O–H groups in total. The van der Waals surface area contributed by atoms with Gasteiger partial charge in [0.1, 0.15) is 5.60 Å². The first-order valence-electron chi connectivity index (χ1n) is 8.71. The summed E-state index contributed by atoms with van der Waals surface area (Å²) >= 11 is 0. The van der Waals surface area contributed by atoms with Gasteiger partial charge in [0.05, 0.1) is 0 Å². The van der Waals surface area contributed by atoms with Crippen molar-refractivity contribution in [2.45, 2.75) is 50.4 Å². The van der Waals surface area contributed by atoms with E-state index in [0.717, 1.165) is 25.9 Å². The van der Waals surface area contributed by atoms with Crippen molar-refractivity contribution in [2.24, 2.45) is 0 Å². The van der Waals surface area contributed by atoms with Crippen LogP contribution in [0.3, 0.4) is 0 Å². The smallest absolute Gasteiger partial charge is 0.125 e. The summed E-state index contributed by atoms with van der Waals surface area (Å²) < 4.78 is 0. The number of nitrogens with zero attached hydrogens (tertiary/aromatic N) is 1. The maximum Gasteiger partial charge on any atom is 0.125 e. The molecule has 1 fully saturated rings. The van der Waals surface area contributed by atoms with Crippen LogP contribution in [0.2, 0.25) is 0 Å². The van der Waals surface area contributed by atoms with Crippen LogP contribution in [0.15, 0.2) is 60.7 Å². The quantitative estimate of drug-likeness (QED) is 0.842. The molecule has 1 aliphatic carbocycles. The molecule has 3 rings (SSSR count). The Bertz CT molecular complexity index is 625. The number of benzene rings is 2. The van der Waals surface area contributed by atoms with Crippen LogP contribution >= 0.6 is 0 Å². The third kappa shape index (κ3) is 4.26. The molecule has 0 amide bonds. The van der Waals surface area contributed by atoms with E-state index in [1.807, 2.05) is 0 Å². The Morgan fingerprint density at radius 1 is 0.917 bits per heavy atom. The van der Waals surface area contributed by atoms with Crippen LogP contribution in [0.5, 0.6) is 0 Å². The van der Waals surface area contributed by atoms with Gasteiger partial charge in [-0.05, 0) is 36.8 Å². The molecule has 0 unspecified atom stereocenters. The van der Waals surface area contributed by atoms with Crippen LogP contribution in [-0.2, 0) is 13.1 Å². The molecule has 2 aromatic rings. The Morgan fingerprint density at radius 3 is 1.79 bits per heavy atom. The molecule has 0 atom stereocenters. The molecule has 124 valence electrons. The molecule has 2 heteroatoms. The molecule has 1 aliphatic rings. The minimum absolute atomic E-state index is 0.457. The van der Waals surface area contributed by atoms with Crippen LogP contribution in [0, 0.1) is 12.3 Å². The Labute approximate surface area is 145 Å². The number of hydrogen-bond donors (Lipinski definition) is 1. The fourth-order valence-corrected chi connectivity index (χ4v) is 3.54. The highest BCUT2D eigenvalue weighted by atomic mass is 16.3. The van der Waals surface area contributed by atoms with E-state index >= 15 is 0 Å². The number of terminal acetylenes is 1. The SMILES string of the molecule is C#CC1(O)CCC(N(Cc2ccccc2)Cc2ccccc2)CC1. The minimum atomic E-state index is -0.901. The summed E-state index contributed by atoms with van der Waals surface area (Å²) in [6.45, 7) is 1.85. The van der Waals surface area contributed by atoms with Gasteiger partial charge in [0.2, 0.25) is 0 Å². The zero-order chi connectivity index (χ0) is 16.8. The van der Waals surface area contributed by atoms with Crippen molar-refractivity contribution in [3.05, 3.63) is 71.8 Å². The summed E-state index contributed by atoms with van der Waals surface area (Å²) in [5.41, 5.74) is 1.75. The molecule has 0 aliphatic heterocycles. The van der Waals surface area contributed by atoms with E-state index in [1.165, 1.54) is 11.1 Å². The molecule has 2 nitrogen and oxygen atoms in total. The lowest BCUT2D eigenvalue weighted by Gasteiger charge is -2.39. The van der Waals surface area contributed by atoms with Gasteiger partial charge in [0.15, 0.2) is 0 Å². The summed E-state index contributed by atoms with van der Waals surface area (Å²) in [5, 5.41) is 10.3. The summed E-state index contributed by atoms with van der Waals surface area (Å²) in [6, 6.07) is 21.6. The van der Waals surface area contributed by atoms with E-state index in [9.17, 15) is 5.11 Å². The second kappa shape index (κ2) is 7.66. The molecule has 24 heavy (non-hydrogen) atoms. The van der Waals surface area contributed by atoms with Gasteiger partial charge in [-0.25, -0.2) is 0 Å². The largest absolute Gasteiger partial charge is 0.378 e. The van der Waals surface area contributed by atoms with Crippen molar-refractivity contribution in [1.29, 1.82) is 0 Å². The predicted molar refractivity (Wildman–Crippen MR) is 98.2 cm³/mol. The molecule has 2 aromatic carbocycles. The van der Waals surface area contributed by atoms with Gasteiger partial charge in [0.25, 0.3) is 0 Å². The molecular formula is C22H25NO. The summed E-state index contributed by atoms with van der Waals surface area (Å²) in [7, 11) is 0. The van der Waals surface area contributed by atoms with Gasteiger partial charge in [-0.3, -0.25) is 4.90 Å². The lowest BCUT2D eigenvalue weighted by Crippen LogP contribution is -2.42. The molecule has 0 saturated heterocycles. The van der Waals surface area contributed by atoms with Gasteiger partial charge >= 0.3 is 0 Å². The molecule has 0 aromatic heterocycles. The van der Waals surface area contributed by atoms with Crippen molar-refractivity contribution in [3.63, 3.8) is 0 Å². The highest BCUT2D eigenvalue weighted by Crippen LogP contribution is 2.32. The second-order valence-corrected chi connectivity index (χ2v) is 6.78. The Morgan fingerprint density at radius 2 is 1.38 bits per heavy atom. The first-order valence-corrected chi connectivity index (χ1v) is 8.71. The number of hydrogen-bond acceptors (Lipinski definition) is 2. The van der Waals surface area contributed by atoms with Crippen molar-refractivity contribution >= 4 is 0 Å². The highest BCUT2D eigenvalue weighted by molar-refractivity contribution is 5.18. The van der Waals surface area contributed by atoms with E-state index in [2.05, 4.69) is 71.5 Å². The van der Waals surface area contributed by atoms with E-state index in [4.69, 9.17) is 6.42 Å². The normalized spacial score (nSPS) is 23.8. The average Bonchev–Trinajstić information content (AvgIpc) is 2.64. The van der Waals surface area contributed by atoms with Gasteiger partial charge in [-0.15, -0.1) is 6.42 Å². The standard InChI is InChI=1S/C22H25NO/c1-2-22(24)15-13-21(14-16-22)23(17-19-9-5-3-6-10-19)18-20-11-7-4-8-12-20/h1,3-12,21,24H,13-18H2. The molecular weight excluding hydrogens is 294 g/mol. The third-order valence-electron chi connectivity index (χ3n) is 5.02. The van der Waals surface area contributed by atoms with Gasteiger partial charge in [-0.1, -0.05) is 66.6 Å². The fraction of sp³-hybridized carbons (Fsp3) is 0.364. The molecule has 0 bridgehead atoms. The molecule has 0 spiro atoms. The summed E-state index contributed by atoms with van der Waals surface area (Å²) in [6.07, 6.45) is 8.76. The molecule has 0 radical (unpaired) electrons. The van der Waals surface area contributed by atoms with Crippen LogP contribution in [0.1, 0.15) is 36.8 Å². The monoisotopic (exact) mass is 319 g/mol. The second-order valence-electron chi connectivity index (χ2n) is 6.78. The number of rotatable bonds is 5. The molecule has 0 heterocycles. The van der Waals surface area contributed by atoms with Crippen LogP contribution in [0.4, 0.5) is 0 Å². The maximum absolute atomic E-state index is 10.3. The van der Waals surface area contributed by atoms with Crippen LogP contribution in [-0.4, -0.2) is 21.6 Å². The summed E-state index contributed by atoms with van der Waals surface area (Å²) in [5.74, 6) is 2.58.